The maximum absolute atomic E-state index is 12.3. The van der Waals surface area contributed by atoms with Crippen LogP contribution in [0.15, 0.2) is 59.1 Å². The van der Waals surface area contributed by atoms with E-state index in [4.69, 9.17) is 4.52 Å². The standard InChI is InChI=1S/C21H21N3O2/c1-2-15-8-10-17(11-9-15)20-22-21(26-23-20)18-12-19(25)24(14-18)13-16-6-4-3-5-7-16/h3-11,18H,2,12-14H2,1H3. The topological polar surface area (TPSA) is 59.2 Å². The number of nitrogens with zero attached hydrogens (tertiary/aromatic N) is 3. The SMILES string of the molecule is CCc1ccc(-c2noc(C3CC(=O)N(Cc4ccccc4)C3)n2)cc1. The minimum Gasteiger partial charge on any atom is -0.339 e. The van der Waals surface area contributed by atoms with E-state index in [1.807, 2.05) is 47.4 Å². The lowest BCUT2D eigenvalue weighted by Crippen LogP contribution is -2.24. The van der Waals surface area contributed by atoms with Crippen LogP contribution in [0, 0.1) is 0 Å². The third kappa shape index (κ3) is 3.38. The molecule has 0 bridgehead atoms. The molecule has 2 heterocycles. The van der Waals surface area contributed by atoms with Gasteiger partial charge in [0.15, 0.2) is 0 Å². The summed E-state index contributed by atoms with van der Waals surface area (Å²) in [6.07, 6.45) is 1.42. The van der Waals surface area contributed by atoms with E-state index in [0.29, 0.717) is 31.2 Å². The van der Waals surface area contributed by atoms with Gasteiger partial charge in [0, 0.05) is 25.1 Å². The van der Waals surface area contributed by atoms with E-state index in [2.05, 4.69) is 29.2 Å². The van der Waals surface area contributed by atoms with E-state index < -0.39 is 0 Å². The van der Waals surface area contributed by atoms with E-state index in [0.717, 1.165) is 17.5 Å². The van der Waals surface area contributed by atoms with Gasteiger partial charge in [-0.25, -0.2) is 0 Å². The first kappa shape index (κ1) is 16.5. The predicted molar refractivity (Wildman–Crippen MR) is 98.3 cm³/mol. The summed E-state index contributed by atoms with van der Waals surface area (Å²) in [5, 5.41) is 4.10. The number of hydrogen-bond donors (Lipinski definition) is 0. The zero-order valence-electron chi connectivity index (χ0n) is 14.8. The fourth-order valence-corrected chi connectivity index (χ4v) is 3.30. The lowest BCUT2D eigenvalue weighted by Gasteiger charge is -2.15. The first-order valence-electron chi connectivity index (χ1n) is 8.97. The molecule has 26 heavy (non-hydrogen) atoms. The monoisotopic (exact) mass is 347 g/mol. The number of rotatable bonds is 5. The fraction of sp³-hybridized carbons (Fsp3) is 0.286. The molecule has 1 amide bonds. The van der Waals surface area contributed by atoms with Crippen molar-refractivity contribution in [1.82, 2.24) is 15.0 Å². The molecule has 0 aliphatic carbocycles. The maximum Gasteiger partial charge on any atom is 0.232 e. The van der Waals surface area contributed by atoms with Crippen LogP contribution in [0.3, 0.4) is 0 Å². The van der Waals surface area contributed by atoms with Gasteiger partial charge in [-0.1, -0.05) is 66.7 Å². The Balaban J connectivity index is 1.46. The Labute approximate surface area is 152 Å². The molecule has 132 valence electrons. The third-order valence-corrected chi connectivity index (χ3v) is 4.84. The lowest BCUT2D eigenvalue weighted by atomic mass is 10.1. The minimum atomic E-state index is -0.0395. The molecule has 1 atom stereocenters. The molecule has 2 aromatic carbocycles. The summed E-state index contributed by atoms with van der Waals surface area (Å²) in [6, 6.07) is 18.2. The van der Waals surface area contributed by atoms with Crippen LogP contribution in [0.25, 0.3) is 11.4 Å². The van der Waals surface area contributed by atoms with Gasteiger partial charge in [-0.2, -0.15) is 4.98 Å². The van der Waals surface area contributed by atoms with Gasteiger partial charge < -0.3 is 9.42 Å². The average molecular weight is 347 g/mol. The van der Waals surface area contributed by atoms with E-state index in [9.17, 15) is 4.79 Å². The van der Waals surface area contributed by atoms with Crippen molar-refractivity contribution in [3.8, 4) is 11.4 Å². The molecule has 4 rings (SSSR count). The van der Waals surface area contributed by atoms with Crippen LogP contribution >= 0.6 is 0 Å². The number of benzene rings is 2. The summed E-state index contributed by atoms with van der Waals surface area (Å²) in [5.74, 6) is 1.22. The summed E-state index contributed by atoms with van der Waals surface area (Å²) < 4.78 is 5.47. The van der Waals surface area contributed by atoms with Gasteiger partial charge in [-0.15, -0.1) is 0 Å². The van der Waals surface area contributed by atoms with Crippen molar-refractivity contribution >= 4 is 5.91 Å². The molecule has 5 heteroatoms. The van der Waals surface area contributed by atoms with Crippen molar-refractivity contribution in [1.29, 1.82) is 0 Å². The van der Waals surface area contributed by atoms with Crippen LogP contribution in [-0.4, -0.2) is 27.5 Å². The molecule has 0 radical (unpaired) electrons. The summed E-state index contributed by atoms with van der Waals surface area (Å²) >= 11 is 0. The van der Waals surface area contributed by atoms with Crippen molar-refractivity contribution in [2.24, 2.45) is 0 Å². The van der Waals surface area contributed by atoms with Crippen LogP contribution in [0.4, 0.5) is 0 Å². The van der Waals surface area contributed by atoms with E-state index in [1.54, 1.807) is 0 Å². The number of aryl methyl sites for hydroxylation is 1. The van der Waals surface area contributed by atoms with Gasteiger partial charge in [-0.3, -0.25) is 4.79 Å². The van der Waals surface area contributed by atoms with Crippen molar-refractivity contribution in [3.63, 3.8) is 0 Å². The molecule has 1 aromatic heterocycles. The second-order valence-electron chi connectivity index (χ2n) is 6.67. The number of likely N-dealkylation sites (tertiary alicyclic amines) is 1. The fourth-order valence-electron chi connectivity index (χ4n) is 3.30. The maximum atomic E-state index is 12.3. The zero-order valence-corrected chi connectivity index (χ0v) is 14.8. The molecule has 1 fully saturated rings. The Morgan fingerprint density at radius 3 is 2.58 bits per heavy atom. The molecule has 1 aliphatic heterocycles. The largest absolute Gasteiger partial charge is 0.339 e. The van der Waals surface area contributed by atoms with Crippen LogP contribution in [0.2, 0.25) is 0 Å². The highest BCUT2D eigenvalue weighted by atomic mass is 16.5. The summed E-state index contributed by atoms with van der Waals surface area (Å²) in [7, 11) is 0. The van der Waals surface area contributed by atoms with Crippen molar-refractivity contribution in [3.05, 3.63) is 71.6 Å². The smallest absolute Gasteiger partial charge is 0.232 e. The van der Waals surface area contributed by atoms with Crippen LogP contribution in [-0.2, 0) is 17.8 Å². The van der Waals surface area contributed by atoms with Gasteiger partial charge in [0.2, 0.25) is 17.6 Å². The number of amides is 1. The van der Waals surface area contributed by atoms with Gasteiger partial charge in [0.1, 0.15) is 0 Å². The third-order valence-electron chi connectivity index (χ3n) is 4.84. The Morgan fingerprint density at radius 1 is 1.08 bits per heavy atom. The highest BCUT2D eigenvalue weighted by Gasteiger charge is 2.34. The first-order chi connectivity index (χ1) is 12.7. The molecule has 3 aromatic rings. The summed E-state index contributed by atoms with van der Waals surface area (Å²) in [5.41, 5.74) is 3.34. The van der Waals surface area contributed by atoms with E-state index >= 15 is 0 Å². The highest BCUT2D eigenvalue weighted by molar-refractivity contribution is 5.79. The Morgan fingerprint density at radius 2 is 1.85 bits per heavy atom. The quantitative estimate of drug-likeness (QED) is 0.704. The molecule has 1 saturated heterocycles. The number of carbonyl (C=O) groups is 1. The number of hydrogen-bond acceptors (Lipinski definition) is 4. The van der Waals surface area contributed by atoms with Gasteiger partial charge in [0.05, 0.1) is 5.92 Å². The molecule has 5 nitrogen and oxygen atoms in total. The van der Waals surface area contributed by atoms with E-state index in [1.165, 1.54) is 5.56 Å². The Hall–Kier alpha value is -2.95. The van der Waals surface area contributed by atoms with Crippen molar-refractivity contribution < 1.29 is 9.32 Å². The van der Waals surface area contributed by atoms with Crippen LogP contribution in [0.1, 0.15) is 36.3 Å². The molecule has 1 unspecified atom stereocenters. The first-order valence-corrected chi connectivity index (χ1v) is 8.97. The van der Waals surface area contributed by atoms with Crippen molar-refractivity contribution in [2.75, 3.05) is 6.54 Å². The van der Waals surface area contributed by atoms with Crippen LogP contribution in [0.5, 0.6) is 0 Å². The molecular weight excluding hydrogens is 326 g/mol. The molecule has 0 N–H and O–H groups in total. The highest BCUT2D eigenvalue weighted by Crippen LogP contribution is 2.29. The molecule has 1 aliphatic rings. The normalized spacial score (nSPS) is 17.0. The van der Waals surface area contributed by atoms with Gasteiger partial charge >= 0.3 is 0 Å². The average Bonchev–Trinajstić information content (AvgIpc) is 3.30. The second-order valence-corrected chi connectivity index (χ2v) is 6.67. The van der Waals surface area contributed by atoms with Gasteiger partial charge in [0.25, 0.3) is 0 Å². The Kier molecular flexibility index (Phi) is 4.52. The number of carbonyl (C=O) groups excluding carboxylic acids is 1. The minimum absolute atomic E-state index is 0.0395. The Bertz CT molecular complexity index is 887. The zero-order chi connectivity index (χ0) is 17.9. The van der Waals surface area contributed by atoms with Gasteiger partial charge in [-0.05, 0) is 17.5 Å². The van der Waals surface area contributed by atoms with E-state index in [-0.39, 0.29) is 11.8 Å². The molecule has 0 spiro atoms. The van der Waals surface area contributed by atoms with Crippen molar-refractivity contribution in [2.45, 2.75) is 32.2 Å². The summed E-state index contributed by atoms with van der Waals surface area (Å²) in [4.78, 5) is 18.7. The molecule has 0 saturated carbocycles. The summed E-state index contributed by atoms with van der Waals surface area (Å²) in [6.45, 7) is 3.36. The van der Waals surface area contributed by atoms with Crippen LogP contribution < -0.4 is 0 Å². The predicted octanol–water partition coefficient (Wildman–Crippen LogP) is 3.82. The second kappa shape index (κ2) is 7.12. The molecular formula is C21H21N3O2. The lowest BCUT2D eigenvalue weighted by molar-refractivity contribution is -0.128. The number of aromatic nitrogens is 2.